The maximum atomic E-state index is 15.5. The Kier molecular flexibility index (Phi) is 4.53. The number of rotatable bonds is 5. The molecule has 1 aromatic carbocycles. The quantitative estimate of drug-likeness (QED) is 0.734. The molecule has 1 aliphatic carbocycles. The second kappa shape index (κ2) is 7.14. The van der Waals surface area contributed by atoms with Gasteiger partial charge in [-0.3, -0.25) is 0 Å². The van der Waals surface area contributed by atoms with Crippen molar-refractivity contribution in [2.75, 3.05) is 12.8 Å². The number of hydrogen-bond acceptors (Lipinski definition) is 7. The number of anilines is 1. The van der Waals surface area contributed by atoms with E-state index < -0.39 is 5.82 Å². The van der Waals surface area contributed by atoms with Gasteiger partial charge in [0.15, 0.2) is 17.4 Å². The predicted molar refractivity (Wildman–Crippen MR) is 97.1 cm³/mol. The first-order chi connectivity index (χ1) is 13.2. The SMILES string of the molecule is COc1cc(Oc2c(C3CCC3)ccc(-c3ccnnc3N)c2F)ncn1. The summed E-state index contributed by atoms with van der Waals surface area (Å²) >= 11 is 0. The molecule has 0 atom stereocenters. The number of benzene rings is 1. The van der Waals surface area contributed by atoms with Gasteiger partial charge in [0, 0.05) is 16.7 Å². The molecule has 2 N–H and O–H groups in total. The van der Waals surface area contributed by atoms with Gasteiger partial charge >= 0.3 is 0 Å². The standard InChI is InChI=1S/C19H18FN5O2/c1-26-15-9-16(23-10-22-15)27-18-12(11-3-2-4-11)5-6-13(17(18)20)14-7-8-24-25-19(14)21/h5-11H,2-4H2,1H3,(H2,21,25). The van der Waals surface area contributed by atoms with Crippen LogP contribution in [0.3, 0.4) is 0 Å². The Hall–Kier alpha value is -3.29. The third-order valence-electron chi connectivity index (χ3n) is 4.74. The third kappa shape index (κ3) is 3.25. The van der Waals surface area contributed by atoms with Crippen LogP contribution >= 0.6 is 0 Å². The Labute approximate surface area is 155 Å². The summed E-state index contributed by atoms with van der Waals surface area (Å²) in [6.45, 7) is 0. The molecule has 1 aliphatic rings. The lowest BCUT2D eigenvalue weighted by atomic mass is 9.79. The number of nitrogens with two attached hydrogens (primary N) is 1. The van der Waals surface area contributed by atoms with Crippen molar-refractivity contribution in [1.82, 2.24) is 20.2 Å². The molecule has 8 heteroatoms. The summed E-state index contributed by atoms with van der Waals surface area (Å²) in [6, 6.07) is 6.74. The van der Waals surface area contributed by atoms with Gasteiger partial charge < -0.3 is 15.2 Å². The Morgan fingerprint density at radius 3 is 2.63 bits per heavy atom. The van der Waals surface area contributed by atoms with Gasteiger partial charge in [-0.2, -0.15) is 5.10 Å². The van der Waals surface area contributed by atoms with Crippen LogP contribution in [0.4, 0.5) is 10.2 Å². The number of aromatic nitrogens is 4. The van der Waals surface area contributed by atoms with Gasteiger partial charge in [-0.15, -0.1) is 5.10 Å². The average Bonchev–Trinajstić information content (AvgIpc) is 2.64. The van der Waals surface area contributed by atoms with Crippen LogP contribution in [0.1, 0.15) is 30.7 Å². The highest BCUT2D eigenvalue weighted by molar-refractivity contribution is 5.75. The molecule has 0 spiro atoms. The summed E-state index contributed by atoms with van der Waals surface area (Å²) in [7, 11) is 1.49. The first kappa shape index (κ1) is 17.1. The fourth-order valence-corrected chi connectivity index (χ4v) is 3.09. The summed E-state index contributed by atoms with van der Waals surface area (Å²) in [5.74, 6) is 0.608. The fourth-order valence-electron chi connectivity index (χ4n) is 3.09. The minimum Gasteiger partial charge on any atom is -0.481 e. The molecule has 4 rings (SSSR count). The van der Waals surface area contributed by atoms with Crippen LogP contribution in [0.5, 0.6) is 17.5 Å². The molecule has 138 valence electrons. The van der Waals surface area contributed by atoms with Gasteiger partial charge in [-0.25, -0.2) is 14.4 Å². The number of ether oxygens (including phenoxy) is 2. The normalized spacial score (nSPS) is 13.9. The van der Waals surface area contributed by atoms with Crippen LogP contribution in [0.2, 0.25) is 0 Å². The average molecular weight is 367 g/mol. The van der Waals surface area contributed by atoms with Crippen molar-refractivity contribution < 1.29 is 13.9 Å². The van der Waals surface area contributed by atoms with Crippen molar-refractivity contribution >= 4 is 5.82 Å². The lowest BCUT2D eigenvalue weighted by molar-refractivity contribution is 0.368. The van der Waals surface area contributed by atoms with Crippen molar-refractivity contribution in [3.8, 4) is 28.6 Å². The maximum absolute atomic E-state index is 15.5. The molecule has 0 bridgehead atoms. The first-order valence-electron chi connectivity index (χ1n) is 8.61. The predicted octanol–water partition coefficient (Wildman–Crippen LogP) is 3.72. The van der Waals surface area contributed by atoms with Gasteiger partial charge in [0.05, 0.1) is 19.4 Å². The second-order valence-corrected chi connectivity index (χ2v) is 6.30. The molecule has 2 aromatic heterocycles. The van der Waals surface area contributed by atoms with Gasteiger partial charge in [0.2, 0.25) is 11.8 Å². The fraction of sp³-hybridized carbons (Fsp3) is 0.263. The van der Waals surface area contributed by atoms with Crippen molar-refractivity contribution in [3.63, 3.8) is 0 Å². The summed E-state index contributed by atoms with van der Waals surface area (Å²) in [4.78, 5) is 8.01. The van der Waals surface area contributed by atoms with Crippen molar-refractivity contribution in [2.45, 2.75) is 25.2 Å². The highest BCUT2D eigenvalue weighted by atomic mass is 19.1. The zero-order valence-corrected chi connectivity index (χ0v) is 14.7. The van der Waals surface area contributed by atoms with E-state index in [0.717, 1.165) is 24.8 Å². The molecule has 0 radical (unpaired) electrons. The van der Waals surface area contributed by atoms with Gasteiger partial charge in [0.25, 0.3) is 0 Å². The largest absolute Gasteiger partial charge is 0.481 e. The van der Waals surface area contributed by atoms with Crippen LogP contribution in [0, 0.1) is 5.82 Å². The van der Waals surface area contributed by atoms with Crippen LogP contribution in [0.25, 0.3) is 11.1 Å². The van der Waals surface area contributed by atoms with E-state index in [1.165, 1.54) is 25.7 Å². The summed E-state index contributed by atoms with van der Waals surface area (Å²) in [5, 5.41) is 7.52. The monoisotopic (exact) mass is 367 g/mol. The molecule has 0 aliphatic heterocycles. The Bertz CT molecular complexity index is 978. The minimum absolute atomic E-state index is 0.147. The molecular formula is C19H18FN5O2. The highest BCUT2D eigenvalue weighted by Crippen LogP contribution is 2.45. The molecule has 0 amide bonds. The van der Waals surface area contributed by atoms with Gasteiger partial charge in [-0.05, 0) is 24.8 Å². The molecule has 1 fully saturated rings. The van der Waals surface area contributed by atoms with E-state index in [1.54, 1.807) is 12.1 Å². The maximum Gasteiger partial charge on any atom is 0.226 e. The zero-order chi connectivity index (χ0) is 18.8. The number of methoxy groups -OCH3 is 1. The summed E-state index contributed by atoms with van der Waals surface area (Å²) < 4.78 is 26.4. The number of hydrogen-bond donors (Lipinski definition) is 1. The van der Waals surface area contributed by atoms with Crippen molar-refractivity contribution in [1.29, 1.82) is 0 Å². The Morgan fingerprint density at radius 2 is 1.93 bits per heavy atom. The lowest BCUT2D eigenvalue weighted by Crippen LogP contribution is -2.11. The Balaban J connectivity index is 1.81. The van der Waals surface area contributed by atoms with Crippen LogP contribution < -0.4 is 15.2 Å². The van der Waals surface area contributed by atoms with E-state index in [2.05, 4.69) is 20.2 Å². The molecule has 2 heterocycles. The summed E-state index contributed by atoms with van der Waals surface area (Å²) in [5.41, 5.74) is 7.47. The molecule has 7 nitrogen and oxygen atoms in total. The smallest absolute Gasteiger partial charge is 0.226 e. The van der Waals surface area contributed by atoms with E-state index in [9.17, 15) is 0 Å². The van der Waals surface area contributed by atoms with E-state index in [1.807, 2.05) is 6.07 Å². The van der Waals surface area contributed by atoms with Crippen LogP contribution in [-0.2, 0) is 0 Å². The highest BCUT2D eigenvalue weighted by Gasteiger charge is 2.27. The van der Waals surface area contributed by atoms with Crippen molar-refractivity contribution in [3.05, 3.63) is 48.2 Å². The molecule has 1 saturated carbocycles. The van der Waals surface area contributed by atoms with E-state index in [0.29, 0.717) is 17.0 Å². The third-order valence-corrected chi connectivity index (χ3v) is 4.74. The Morgan fingerprint density at radius 1 is 1.11 bits per heavy atom. The molecule has 3 aromatic rings. The number of halogens is 1. The second-order valence-electron chi connectivity index (χ2n) is 6.30. The molecule has 0 saturated heterocycles. The molecule has 0 unspecified atom stereocenters. The topological polar surface area (TPSA) is 96.0 Å². The lowest BCUT2D eigenvalue weighted by Gasteiger charge is -2.28. The molecular weight excluding hydrogens is 349 g/mol. The van der Waals surface area contributed by atoms with E-state index >= 15 is 4.39 Å². The summed E-state index contributed by atoms with van der Waals surface area (Å²) in [6.07, 6.45) is 5.91. The molecule has 27 heavy (non-hydrogen) atoms. The number of nitrogen functional groups attached to an aromatic ring is 1. The minimum atomic E-state index is -0.503. The zero-order valence-electron chi connectivity index (χ0n) is 14.7. The number of nitrogens with zero attached hydrogens (tertiary/aromatic N) is 4. The first-order valence-corrected chi connectivity index (χ1v) is 8.61. The van der Waals surface area contributed by atoms with Crippen LogP contribution in [-0.4, -0.2) is 27.3 Å². The van der Waals surface area contributed by atoms with Crippen LogP contribution in [0.15, 0.2) is 36.8 Å². The van der Waals surface area contributed by atoms with Gasteiger partial charge in [0.1, 0.15) is 6.33 Å². The van der Waals surface area contributed by atoms with E-state index in [-0.39, 0.29) is 23.4 Å². The van der Waals surface area contributed by atoms with Crippen molar-refractivity contribution in [2.24, 2.45) is 0 Å². The van der Waals surface area contributed by atoms with E-state index in [4.69, 9.17) is 15.2 Å². The van der Waals surface area contributed by atoms with Gasteiger partial charge in [-0.1, -0.05) is 18.6 Å².